The molecule has 4 fully saturated rings. The van der Waals surface area contributed by atoms with Crippen LogP contribution < -0.4 is 10.3 Å². The van der Waals surface area contributed by atoms with E-state index in [-0.39, 0.29) is 11.3 Å². The Labute approximate surface area is 150 Å². The van der Waals surface area contributed by atoms with E-state index in [9.17, 15) is 4.79 Å². The molecule has 0 atom stereocenters. The highest BCUT2D eigenvalue weighted by Gasteiger charge is 2.52. The second-order valence-electron chi connectivity index (χ2n) is 8.78. The molecule has 1 N–H and O–H groups in total. The Morgan fingerprint density at radius 1 is 1.04 bits per heavy atom. The van der Waals surface area contributed by atoms with Crippen molar-refractivity contribution in [3.63, 3.8) is 0 Å². The molecule has 0 spiro atoms. The fraction of sp³-hybridized carbons (Fsp3) is 0.619. The lowest BCUT2D eigenvalue weighted by Crippen LogP contribution is -2.49. The standard InChI is InChI=1S/C21H29N3O/c1-14(21-11-15-8-16(12-21)10-17(9-15)13-21)22-23-20(25)18-4-6-19(7-5-18)24(2)3/h4-7,15-17H,8-13H2,1-3H3,(H,23,25)/b22-14-. The van der Waals surface area contributed by atoms with E-state index in [1.165, 1.54) is 38.5 Å². The molecule has 25 heavy (non-hydrogen) atoms. The summed E-state index contributed by atoms with van der Waals surface area (Å²) in [5, 5.41) is 4.55. The molecule has 4 nitrogen and oxygen atoms in total. The number of hydrogen-bond donors (Lipinski definition) is 1. The van der Waals surface area contributed by atoms with E-state index < -0.39 is 0 Å². The summed E-state index contributed by atoms with van der Waals surface area (Å²) < 4.78 is 0. The van der Waals surface area contributed by atoms with Gasteiger partial charge in [-0.3, -0.25) is 4.79 Å². The topological polar surface area (TPSA) is 44.7 Å². The Balaban J connectivity index is 1.45. The van der Waals surface area contributed by atoms with Crippen molar-refractivity contribution in [3.05, 3.63) is 29.8 Å². The summed E-state index contributed by atoms with van der Waals surface area (Å²) in [5.74, 6) is 2.57. The number of amides is 1. The van der Waals surface area contributed by atoms with E-state index in [1.807, 2.05) is 43.3 Å². The first kappa shape index (κ1) is 16.6. The van der Waals surface area contributed by atoms with Gasteiger partial charge in [-0.05, 0) is 87.5 Å². The van der Waals surface area contributed by atoms with Crippen molar-refractivity contribution in [2.75, 3.05) is 19.0 Å². The summed E-state index contributed by atoms with van der Waals surface area (Å²) in [6.07, 6.45) is 8.12. The Hall–Kier alpha value is -1.84. The molecule has 1 aromatic carbocycles. The highest BCUT2D eigenvalue weighted by molar-refractivity contribution is 5.96. The van der Waals surface area contributed by atoms with Gasteiger partial charge in [0.25, 0.3) is 5.91 Å². The van der Waals surface area contributed by atoms with Crippen LogP contribution in [-0.4, -0.2) is 25.7 Å². The zero-order chi connectivity index (χ0) is 17.6. The molecule has 4 bridgehead atoms. The fourth-order valence-electron chi connectivity index (χ4n) is 5.78. The second-order valence-corrected chi connectivity index (χ2v) is 8.78. The van der Waals surface area contributed by atoms with Crippen molar-refractivity contribution in [1.82, 2.24) is 5.43 Å². The number of nitrogens with one attached hydrogen (secondary N) is 1. The van der Waals surface area contributed by atoms with Crippen LogP contribution in [0.25, 0.3) is 0 Å². The monoisotopic (exact) mass is 339 g/mol. The van der Waals surface area contributed by atoms with E-state index >= 15 is 0 Å². The number of carbonyl (C=O) groups is 1. The third kappa shape index (κ3) is 3.07. The summed E-state index contributed by atoms with van der Waals surface area (Å²) in [6, 6.07) is 7.65. The largest absolute Gasteiger partial charge is 0.378 e. The summed E-state index contributed by atoms with van der Waals surface area (Å²) >= 11 is 0. The van der Waals surface area contributed by atoms with Crippen molar-refractivity contribution in [3.8, 4) is 0 Å². The lowest BCUT2D eigenvalue weighted by Gasteiger charge is -2.56. The van der Waals surface area contributed by atoms with Crippen molar-refractivity contribution in [2.45, 2.75) is 45.4 Å². The molecular weight excluding hydrogens is 310 g/mol. The molecule has 1 aromatic rings. The van der Waals surface area contributed by atoms with Gasteiger partial charge in [0, 0.05) is 36.5 Å². The average molecular weight is 339 g/mol. The zero-order valence-electron chi connectivity index (χ0n) is 15.6. The molecule has 0 unspecified atom stereocenters. The Kier molecular flexibility index (Phi) is 4.09. The summed E-state index contributed by atoms with van der Waals surface area (Å²) in [4.78, 5) is 14.5. The first-order valence-corrected chi connectivity index (χ1v) is 9.58. The van der Waals surface area contributed by atoms with Crippen molar-refractivity contribution in [2.24, 2.45) is 28.3 Å². The van der Waals surface area contributed by atoms with Crippen molar-refractivity contribution >= 4 is 17.3 Å². The minimum absolute atomic E-state index is 0.116. The number of anilines is 1. The molecule has 4 heteroatoms. The first-order chi connectivity index (χ1) is 11.9. The average Bonchev–Trinajstić information content (AvgIpc) is 2.58. The fourth-order valence-corrected chi connectivity index (χ4v) is 5.78. The summed E-state index contributed by atoms with van der Waals surface area (Å²) in [6.45, 7) is 2.13. The minimum atomic E-state index is -0.116. The highest BCUT2D eigenvalue weighted by atomic mass is 16.2. The number of nitrogens with zero attached hydrogens (tertiary/aromatic N) is 2. The van der Waals surface area contributed by atoms with Gasteiger partial charge in [-0.15, -0.1) is 0 Å². The Morgan fingerprint density at radius 2 is 1.56 bits per heavy atom. The van der Waals surface area contributed by atoms with Crippen LogP contribution in [-0.2, 0) is 0 Å². The van der Waals surface area contributed by atoms with E-state index in [0.29, 0.717) is 5.56 Å². The van der Waals surface area contributed by atoms with Gasteiger partial charge in [0.05, 0.1) is 0 Å². The molecule has 5 rings (SSSR count). The highest BCUT2D eigenvalue weighted by Crippen LogP contribution is 2.60. The number of hydrazone groups is 1. The van der Waals surface area contributed by atoms with Crippen LogP contribution in [0.15, 0.2) is 29.4 Å². The molecule has 4 saturated carbocycles. The predicted octanol–water partition coefficient (Wildman–Crippen LogP) is 4.07. The summed E-state index contributed by atoms with van der Waals surface area (Å²) in [5.41, 5.74) is 5.96. The SMILES string of the molecule is C/C(=N/NC(=O)c1ccc(N(C)C)cc1)C12CC3CC(CC(C3)C1)C2. The third-order valence-corrected chi connectivity index (χ3v) is 6.78. The molecular formula is C21H29N3O. The van der Waals surface area contributed by atoms with Gasteiger partial charge in [0.2, 0.25) is 0 Å². The maximum Gasteiger partial charge on any atom is 0.271 e. The molecule has 0 heterocycles. The van der Waals surface area contributed by atoms with Gasteiger partial charge >= 0.3 is 0 Å². The molecule has 0 aromatic heterocycles. The minimum Gasteiger partial charge on any atom is -0.378 e. The number of hydrogen-bond acceptors (Lipinski definition) is 3. The Morgan fingerprint density at radius 3 is 2.04 bits per heavy atom. The van der Waals surface area contributed by atoms with Gasteiger partial charge in [-0.2, -0.15) is 5.10 Å². The lowest BCUT2D eigenvalue weighted by molar-refractivity contribution is -0.0128. The van der Waals surface area contributed by atoms with Crippen LogP contribution in [0.5, 0.6) is 0 Å². The van der Waals surface area contributed by atoms with Crippen molar-refractivity contribution in [1.29, 1.82) is 0 Å². The van der Waals surface area contributed by atoms with Crippen LogP contribution >= 0.6 is 0 Å². The maximum absolute atomic E-state index is 12.4. The molecule has 0 aliphatic heterocycles. The van der Waals surface area contributed by atoms with Gasteiger partial charge < -0.3 is 4.90 Å². The predicted molar refractivity (Wildman–Crippen MR) is 102 cm³/mol. The lowest BCUT2D eigenvalue weighted by atomic mass is 9.48. The van der Waals surface area contributed by atoms with E-state index in [2.05, 4.69) is 17.5 Å². The Bertz CT molecular complexity index is 654. The van der Waals surface area contributed by atoms with Gasteiger partial charge in [-0.1, -0.05) is 0 Å². The van der Waals surface area contributed by atoms with Crippen LogP contribution in [0.3, 0.4) is 0 Å². The molecule has 1 amide bonds. The summed E-state index contributed by atoms with van der Waals surface area (Å²) in [7, 11) is 3.99. The number of carbonyl (C=O) groups excluding carboxylic acids is 1. The first-order valence-electron chi connectivity index (χ1n) is 9.58. The number of benzene rings is 1. The van der Waals surface area contributed by atoms with E-state index in [1.54, 1.807) is 0 Å². The maximum atomic E-state index is 12.4. The zero-order valence-corrected chi connectivity index (χ0v) is 15.6. The normalized spacial score (nSPS) is 33.4. The van der Waals surface area contributed by atoms with Gasteiger partial charge in [-0.25, -0.2) is 5.43 Å². The quantitative estimate of drug-likeness (QED) is 0.664. The van der Waals surface area contributed by atoms with Crippen molar-refractivity contribution < 1.29 is 4.79 Å². The second kappa shape index (κ2) is 6.15. The smallest absolute Gasteiger partial charge is 0.271 e. The van der Waals surface area contributed by atoms with E-state index in [0.717, 1.165) is 29.2 Å². The van der Waals surface area contributed by atoms with Crippen LogP contribution in [0.1, 0.15) is 55.8 Å². The third-order valence-electron chi connectivity index (χ3n) is 6.78. The molecule has 4 aliphatic rings. The van der Waals surface area contributed by atoms with Crippen LogP contribution in [0.2, 0.25) is 0 Å². The molecule has 0 saturated heterocycles. The van der Waals surface area contributed by atoms with E-state index in [4.69, 9.17) is 0 Å². The van der Waals surface area contributed by atoms with Crippen LogP contribution in [0, 0.1) is 23.2 Å². The molecule has 4 aliphatic carbocycles. The molecule has 134 valence electrons. The van der Waals surface area contributed by atoms with Gasteiger partial charge in [0.15, 0.2) is 0 Å². The van der Waals surface area contributed by atoms with Crippen LogP contribution in [0.4, 0.5) is 5.69 Å². The molecule has 0 radical (unpaired) electrons. The van der Waals surface area contributed by atoms with Gasteiger partial charge in [0.1, 0.15) is 0 Å². The number of rotatable bonds is 4.